The Balaban J connectivity index is 2.82. The van der Waals surface area contributed by atoms with E-state index in [4.69, 9.17) is 9.52 Å². The van der Waals surface area contributed by atoms with Crippen molar-refractivity contribution in [3.8, 4) is 0 Å². The SMILES string of the molecule is CC(C)(C(=O)O)c1coc2cccc(C(F)(F)F)c12. The first-order chi connectivity index (χ1) is 8.65. The monoisotopic (exact) mass is 272 g/mol. The van der Waals surface area contributed by atoms with Gasteiger partial charge in [-0.2, -0.15) is 13.2 Å². The summed E-state index contributed by atoms with van der Waals surface area (Å²) in [7, 11) is 0. The molecule has 0 saturated heterocycles. The summed E-state index contributed by atoms with van der Waals surface area (Å²) in [5.74, 6) is -1.22. The van der Waals surface area contributed by atoms with E-state index in [1.807, 2.05) is 0 Å². The van der Waals surface area contributed by atoms with Crippen LogP contribution in [0.5, 0.6) is 0 Å². The highest BCUT2D eigenvalue weighted by molar-refractivity contribution is 5.92. The zero-order chi connectivity index (χ0) is 14.4. The van der Waals surface area contributed by atoms with Gasteiger partial charge in [0.15, 0.2) is 0 Å². The van der Waals surface area contributed by atoms with Crippen molar-refractivity contribution < 1.29 is 27.5 Å². The van der Waals surface area contributed by atoms with Crippen molar-refractivity contribution in [2.24, 2.45) is 0 Å². The molecule has 0 bridgehead atoms. The molecule has 2 aromatic rings. The fraction of sp³-hybridized carbons (Fsp3) is 0.308. The average Bonchev–Trinajstić information content (AvgIpc) is 2.70. The molecule has 0 unspecified atom stereocenters. The van der Waals surface area contributed by atoms with Gasteiger partial charge in [-0.1, -0.05) is 6.07 Å². The molecule has 0 atom stereocenters. The number of alkyl halides is 3. The number of benzene rings is 1. The first kappa shape index (κ1) is 13.5. The molecule has 2 rings (SSSR count). The van der Waals surface area contributed by atoms with Crippen LogP contribution >= 0.6 is 0 Å². The molecule has 19 heavy (non-hydrogen) atoms. The number of aliphatic carboxylic acids is 1. The maximum Gasteiger partial charge on any atom is 0.417 e. The van der Waals surface area contributed by atoms with Crippen molar-refractivity contribution in [2.75, 3.05) is 0 Å². The molecule has 1 N–H and O–H groups in total. The third kappa shape index (κ3) is 2.07. The van der Waals surface area contributed by atoms with Crippen LogP contribution in [-0.4, -0.2) is 11.1 Å². The van der Waals surface area contributed by atoms with Crippen LogP contribution in [0.4, 0.5) is 13.2 Å². The number of furan rings is 1. The van der Waals surface area contributed by atoms with E-state index < -0.39 is 23.1 Å². The number of carboxylic acids is 1. The van der Waals surface area contributed by atoms with Crippen molar-refractivity contribution in [1.82, 2.24) is 0 Å². The van der Waals surface area contributed by atoms with Crippen molar-refractivity contribution in [1.29, 1.82) is 0 Å². The van der Waals surface area contributed by atoms with E-state index in [0.29, 0.717) is 0 Å². The zero-order valence-electron chi connectivity index (χ0n) is 10.2. The van der Waals surface area contributed by atoms with Gasteiger partial charge in [0.05, 0.1) is 17.2 Å². The highest BCUT2D eigenvalue weighted by Crippen LogP contribution is 2.40. The lowest BCUT2D eigenvalue weighted by Crippen LogP contribution is -2.28. The summed E-state index contributed by atoms with van der Waals surface area (Å²) in [6, 6.07) is 3.53. The molecule has 102 valence electrons. The molecule has 0 amide bonds. The Bertz CT molecular complexity index is 638. The molecule has 1 aromatic heterocycles. The van der Waals surface area contributed by atoms with Crippen LogP contribution in [0.3, 0.4) is 0 Å². The van der Waals surface area contributed by atoms with Gasteiger partial charge in [-0.05, 0) is 26.0 Å². The standard InChI is InChI=1S/C13H11F3O3/c1-12(2,11(17)18)8-6-19-9-5-3-4-7(10(8)9)13(14,15)16/h3-6H,1-2H3,(H,17,18). The van der Waals surface area contributed by atoms with Crippen molar-refractivity contribution in [3.05, 3.63) is 35.6 Å². The van der Waals surface area contributed by atoms with E-state index in [1.54, 1.807) is 0 Å². The maximum atomic E-state index is 13.0. The van der Waals surface area contributed by atoms with Gasteiger partial charge in [0.2, 0.25) is 0 Å². The van der Waals surface area contributed by atoms with E-state index >= 15 is 0 Å². The zero-order valence-corrected chi connectivity index (χ0v) is 10.2. The molecule has 6 heteroatoms. The molecule has 0 spiro atoms. The Hall–Kier alpha value is -1.98. The Labute approximate surface area is 106 Å². The van der Waals surface area contributed by atoms with Gasteiger partial charge in [0, 0.05) is 10.9 Å². The minimum absolute atomic E-state index is 0.0166. The number of rotatable bonds is 2. The molecule has 0 aliphatic carbocycles. The number of hydrogen-bond acceptors (Lipinski definition) is 2. The number of carboxylic acid groups (broad SMARTS) is 1. The van der Waals surface area contributed by atoms with Crippen LogP contribution in [0.15, 0.2) is 28.9 Å². The van der Waals surface area contributed by atoms with Gasteiger partial charge in [0.25, 0.3) is 0 Å². The molecular weight excluding hydrogens is 261 g/mol. The van der Waals surface area contributed by atoms with Crippen molar-refractivity contribution in [3.63, 3.8) is 0 Å². The van der Waals surface area contributed by atoms with Crippen LogP contribution in [0.2, 0.25) is 0 Å². The predicted molar refractivity (Wildman–Crippen MR) is 61.9 cm³/mol. The summed E-state index contributed by atoms with van der Waals surface area (Å²) in [4.78, 5) is 11.2. The molecule has 3 nitrogen and oxygen atoms in total. The predicted octanol–water partition coefficient (Wildman–Crippen LogP) is 3.81. The fourth-order valence-electron chi connectivity index (χ4n) is 1.90. The third-order valence-electron chi connectivity index (χ3n) is 3.11. The van der Waals surface area contributed by atoms with Gasteiger partial charge < -0.3 is 9.52 Å². The molecule has 0 aliphatic rings. The molecule has 0 radical (unpaired) electrons. The second kappa shape index (κ2) is 4.01. The maximum absolute atomic E-state index is 13.0. The molecule has 0 aliphatic heterocycles. The van der Waals surface area contributed by atoms with Gasteiger partial charge in [-0.3, -0.25) is 4.79 Å². The first-order valence-electron chi connectivity index (χ1n) is 5.47. The second-order valence-electron chi connectivity index (χ2n) is 4.76. The lowest BCUT2D eigenvalue weighted by molar-refractivity contribution is -0.142. The second-order valence-corrected chi connectivity index (χ2v) is 4.76. The van der Waals surface area contributed by atoms with Crippen LogP contribution in [0.25, 0.3) is 11.0 Å². The first-order valence-corrected chi connectivity index (χ1v) is 5.47. The highest BCUT2D eigenvalue weighted by Gasteiger charge is 2.39. The van der Waals surface area contributed by atoms with Gasteiger partial charge >= 0.3 is 12.1 Å². The summed E-state index contributed by atoms with van der Waals surface area (Å²) in [5.41, 5.74) is -2.31. The summed E-state index contributed by atoms with van der Waals surface area (Å²) in [5, 5.41) is 8.95. The van der Waals surface area contributed by atoms with Gasteiger partial charge in [-0.15, -0.1) is 0 Å². The van der Waals surface area contributed by atoms with Gasteiger partial charge in [0.1, 0.15) is 5.58 Å². The Morgan fingerprint density at radius 1 is 1.21 bits per heavy atom. The quantitative estimate of drug-likeness (QED) is 0.904. The van der Waals surface area contributed by atoms with E-state index in [9.17, 15) is 18.0 Å². The Morgan fingerprint density at radius 3 is 2.37 bits per heavy atom. The summed E-state index contributed by atoms with van der Waals surface area (Å²) < 4.78 is 44.0. The minimum atomic E-state index is -4.56. The van der Waals surface area contributed by atoms with E-state index in [2.05, 4.69) is 0 Å². The molecule has 1 aromatic carbocycles. The Kier molecular flexibility index (Phi) is 2.84. The molecular formula is C13H11F3O3. The van der Waals surface area contributed by atoms with Crippen LogP contribution < -0.4 is 0 Å². The topological polar surface area (TPSA) is 50.4 Å². The summed E-state index contributed by atoms with van der Waals surface area (Å²) >= 11 is 0. The smallest absolute Gasteiger partial charge is 0.417 e. The van der Waals surface area contributed by atoms with Crippen molar-refractivity contribution in [2.45, 2.75) is 25.4 Å². The number of halogens is 3. The summed E-state index contributed by atoms with van der Waals surface area (Å²) in [6.07, 6.45) is -3.49. The molecule has 1 heterocycles. The lowest BCUT2D eigenvalue weighted by Gasteiger charge is -2.19. The number of hydrogen-bond donors (Lipinski definition) is 1. The highest BCUT2D eigenvalue weighted by atomic mass is 19.4. The van der Waals surface area contributed by atoms with E-state index in [0.717, 1.165) is 12.3 Å². The largest absolute Gasteiger partial charge is 0.481 e. The molecule has 0 saturated carbocycles. The minimum Gasteiger partial charge on any atom is -0.481 e. The normalized spacial score (nSPS) is 12.9. The van der Waals surface area contributed by atoms with Crippen LogP contribution in [0, 0.1) is 0 Å². The summed E-state index contributed by atoms with van der Waals surface area (Å²) in [6.45, 7) is 2.68. The fourth-order valence-corrected chi connectivity index (χ4v) is 1.90. The van der Waals surface area contributed by atoms with Crippen LogP contribution in [-0.2, 0) is 16.4 Å². The van der Waals surface area contributed by atoms with Gasteiger partial charge in [-0.25, -0.2) is 0 Å². The third-order valence-corrected chi connectivity index (χ3v) is 3.11. The molecule has 0 fully saturated rings. The lowest BCUT2D eigenvalue weighted by atomic mass is 9.83. The van der Waals surface area contributed by atoms with E-state index in [-0.39, 0.29) is 16.5 Å². The van der Waals surface area contributed by atoms with Crippen LogP contribution in [0.1, 0.15) is 25.0 Å². The van der Waals surface area contributed by atoms with Crippen molar-refractivity contribution >= 4 is 16.9 Å². The average molecular weight is 272 g/mol. The number of fused-ring (bicyclic) bond motifs is 1. The Morgan fingerprint density at radius 2 is 1.84 bits per heavy atom. The number of carbonyl (C=O) groups is 1. The van der Waals surface area contributed by atoms with E-state index in [1.165, 1.54) is 26.0 Å².